The van der Waals surface area contributed by atoms with Crippen LogP contribution < -0.4 is 19.9 Å². The lowest BCUT2D eigenvalue weighted by atomic mass is 9.97. The van der Waals surface area contributed by atoms with E-state index in [1.54, 1.807) is 10.7 Å². The number of halogens is 1. The number of urea groups is 1. The number of aromatic nitrogens is 3. The van der Waals surface area contributed by atoms with Gasteiger partial charge < -0.3 is 14.8 Å². The summed E-state index contributed by atoms with van der Waals surface area (Å²) in [5, 5.41) is 12.8. The number of nitrogens with zero attached hydrogens (tertiary/aromatic N) is 4. The molecule has 3 heterocycles. The maximum Gasteiger partial charge on any atom is 0.354 e. The minimum atomic E-state index is -3.64. The molecule has 10 nitrogen and oxygen atoms in total. The van der Waals surface area contributed by atoms with E-state index < -0.39 is 21.8 Å². The number of carbonyl (C=O) groups excluding carboxylic acids is 1. The van der Waals surface area contributed by atoms with Gasteiger partial charge in [-0.3, -0.25) is 0 Å². The molecule has 0 fully saturated rings. The highest BCUT2D eigenvalue weighted by Crippen LogP contribution is 2.39. The third kappa shape index (κ3) is 3.99. The van der Waals surface area contributed by atoms with Crippen molar-refractivity contribution in [3.05, 3.63) is 47.5 Å². The Kier molecular flexibility index (Phi) is 5.70. The summed E-state index contributed by atoms with van der Waals surface area (Å²) in [6.07, 6.45) is 5.57. The van der Waals surface area contributed by atoms with Gasteiger partial charge in [0.25, 0.3) is 0 Å². The van der Waals surface area contributed by atoms with Crippen molar-refractivity contribution >= 4 is 21.6 Å². The molecular weight excluding hydrogens is 463 g/mol. The number of benzene rings is 1. The number of hydrogen-bond donors (Lipinski definition) is 2. The Morgan fingerprint density at radius 1 is 1.29 bits per heavy atom. The number of methoxy groups -OCH3 is 1. The first kappa shape index (κ1) is 22.3. The Morgan fingerprint density at radius 2 is 2.15 bits per heavy atom. The van der Waals surface area contributed by atoms with Crippen molar-refractivity contribution in [3.8, 4) is 22.9 Å². The van der Waals surface area contributed by atoms with Crippen molar-refractivity contribution in [2.75, 3.05) is 19.0 Å². The fraction of sp³-hybridized carbons (Fsp3) is 0.318. The van der Waals surface area contributed by atoms with Gasteiger partial charge in [0.15, 0.2) is 9.92 Å². The van der Waals surface area contributed by atoms with Crippen molar-refractivity contribution in [1.29, 1.82) is 0 Å². The maximum atomic E-state index is 14.7. The molecule has 3 aromatic rings. The van der Waals surface area contributed by atoms with Crippen molar-refractivity contribution in [2.24, 2.45) is 9.50 Å². The SMILES string of the molecule is COc1cc(-c2ccc3c(c2NC(=O)N=[S@](N)(=O)c2cnn4c2OCCC4)CCC3)c(F)cn1. The highest BCUT2D eigenvalue weighted by atomic mass is 32.2. The number of nitrogens with two attached hydrogens (primary N) is 1. The fourth-order valence-electron chi connectivity index (χ4n) is 4.32. The molecule has 5 rings (SSSR count). The zero-order chi connectivity index (χ0) is 23.9. The number of amides is 2. The van der Waals surface area contributed by atoms with Crippen molar-refractivity contribution in [2.45, 2.75) is 37.1 Å². The van der Waals surface area contributed by atoms with E-state index in [4.69, 9.17) is 14.6 Å². The summed E-state index contributed by atoms with van der Waals surface area (Å²) in [5.74, 6) is -0.0881. The van der Waals surface area contributed by atoms with Crippen LogP contribution in [-0.4, -0.2) is 38.7 Å². The fourth-order valence-corrected chi connectivity index (χ4v) is 5.32. The second-order valence-corrected chi connectivity index (χ2v) is 9.77. The molecule has 1 atom stereocenters. The Labute approximate surface area is 195 Å². The number of anilines is 1. The van der Waals surface area contributed by atoms with Gasteiger partial charge in [-0.2, -0.15) is 5.10 Å². The molecule has 0 bridgehead atoms. The molecule has 12 heteroatoms. The minimum absolute atomic E-state index is 0.0609. The van der Waals surface area contributed by atoms with E-state index in [1.807, 2.05) is 6.07 Å². The first-order valence-electron chi connectivity index (χ1n) is 10.8. The molecule has 2 aromatic heterocycles. The average Bonchev–Trinajstić information content (AvgIpc) is 3.47. The molecule has 3 N–H and O–H groups in total. The molecule has 1 aromatic carbocycles. The van der Waals surface area contributed by atoms with Crippen molar-refractivity contribution in [1.82, 2.24) is 14.8 Å². The Balaban J connectivity index is 1.55. The van der Waals surface area contributed by atoms with Gasteiger partial charge >= 0.3 is 6.03 Å². The van der Waals surface area contributed by atoms with E-state index in [0.717, 1.165) is 36.6 Å². The van der Waals surface area contributed by atoms with Crippen LogP contribution in [0.3, 0.4) is 0 Å². The smallest absolute Gasteiger partial charge is 0.354 e. The molecular formula is C22H23FN6O4S. The standard InChI is InChI=1S/C22H23FN6O4S/c1-32-19-10-16(17(23)11-25-19)15-7-6-13-4-2-5-14(13)20(15)27-22(30)28-34(24,31)18-12-26-29-8-3-9-33-21(18)29/h6-7,10-12H,2-5,8-9H2,1H3,(H3,24,27,28,30,31)/t34-/m0/s1. The molecule has 0 radical (unpaired) electrons. The van der Waals surface area contributed by atoms with Gasteiger partial charge in [-0.1, -0.05) is 12.1 Å². The predicted molar refractivity (Wildman–Crippen MR) is 123 cm³/mol. The molecule has 1 aliphatic heterocycles. The van der Waals surface area contributed by atoms with Crippen LogP contribution in [0.25, 0.3) is 11.1 Å². The predicted octanol–water partition coefficient (Wildman–Crippen LogP) is 3.30. The molecule has 34 heavy (non-hydrogen) atoms. The Hall–Kier alpha value is -3.51. The van der Waals surface area contributed by atoms with E-state index in [2.05, 4.69) is 19.8 Å². The van der Waals surface area contributed by atoms with Crippen molar-refractivity contribution in [3.63, 3.8) is 0 Å². The highest BCUT2D eigenvalue weighted by molar-refractivity contribution is 7.91. The number of rotatable bonds is 4. The second kappa shape index (κ2) is 8.69. The van der Waals surface area contributed by atoms with Crippen LogP contribution in [0.1, 0.15) is 24.0 Å². The maximum absolute atomic E-state index is 14.7. The molecule has 2 aliphatic rings. The van der Waals surface area contributed by atoms with Gasteiger partial charge in [0, 0.05) is 30.2 Å². The quantitative estimate of drug-likeness (QED) is 0.581. The van der Waals surface area contributed by atoms with E-state index in [-0.39, 0.29) is 22.2 Å². The molecule has 0 saturated carbocycles. The summed E-state index contributed by atoms with van der Waals surface area (Å²) in [6.45, 7) is 1.03. The lowest BCUT2D eigenvalue weighted by molar-refractivity contribution is 0.224. The van der Waals surface area contributed by atoms with E-state index >= 15 is 0 Å². The van der Waals surface area contributed by atoms with Gasteiger partial charge in [0.1, 0.15) is 10.7 Å². The highest BCUT2D eigenvalue weighted by Gasteiger charge is 2.26. The van der Waals surface area contributed by atoms with Crippen LogP contribution >= 0.6 is 0 Å². The van der Waals surface area contributed by atoms with Crippen LogP contribution in [0.5, 0.6) is 11.8 Å². The molecule has 178 valence electrons. The third-order valence-corrected chi connectivity index (χ3v) is 7.24. The average molecular weight is 487 g/mol. The van der Waals surface area contributed by atoms with Gasteiger partial charge in [-0.05, 0) is 30.4 Å². The third-order valence-electron chi connectivity index (χ3n) is 5.89. The van der Waals surface area contributed by atoms with Crippen molar-refractivity contribution < 1.29 is 22.9 Å². The van der Waals surface area contributed by atoms with Crippen LogP contribution in [-0.2, 0) is 29.3 Å². The van der Waals surface area contributed by atoms with E-state index in [0.29, 0.717) is 30.8 Å². The molecule has 1 aliphatic carbocycles. The topological polar surface area (TPSA) is 134 Å². The summed E-state index contributed by atoms with van der Waals surface area (Å²) in [4.78, 5) is 16.9. The van der Waals surface area contributed by atoms with E-state index in [1.165, 1.54) is 19.4 Å². The molecule has 0 saturated heterocycles. The van der Waals surface area contributed by atoms with Crippen LogP contribution in [0, 0.1) is 5.82 Å². The number of aryl methyl sites for hydroxylation is 2. The number of fused-ring (bicyclic) bond motifs is 2. The Morgan fingerprint density at radius 3 is 2.97 bits per heavy atom. The zero-order valence-electron chi connectivity index (χ0n) is 18.4. The van der Waals surface area contributed by atoms with Gasteiger partial charge in [0.05, 0.1) is 31.8 Å². The van der Waals surface area contributed by atoms with Gasteiger partial charge in [-0.25, -0.2) is 28.2 Å². The number of ether oxygens (including phenoxy) is 2. The zero-order valence-corrected chi connectivity index (χ0v) is 19.2. The summed E-state index contributed by atoms with van der Waals surface area (Å²) >= 11 is 0. The molecule has 2 amide bonds. The number of hydrogen-bond acceptors (Lipinski definition) is 6. The number of carbonyl (C=O) groups is 1. The summed E-state index contributed by atoms with van der Waals surface area (Å²) in [5.41, 5.74) is 2.99. The molecule has 0 spiro atoms. The van der Waals surface area contributed by atoms with Gasteiger partial charge in [0.2, 0.25) is 11.8 Å². The monoisotopic (exact) mass is 486 g/mol. The second-order valence-electron chi connectivity index (χ2n) is 8.02. The number of nitrogens with one attached hydrogen (secondary N) is 1. The van der Waals surface area contributed by atoms with Crippen LogP contribution in [0.4, 0.5) is 14.9 Å². The first-order chi connectivity index (χ1) is 16.4. The van der Waals surface area contributed by atoms with Gasteiger partial charge in [-0.15, -0.1) is 4.36 Å². The lowest BCUT2D eigenvalue weighted by Crippen LogP contribution is -2.21. The van der Waals surface area contributed by atoms with Crippen LogP contribution in [0.15, 0.2) is 39.9 Å². The lowest BCUT2D eigenvalue weighted by Gasteiger charge is -2.17. The summed E-state index contributed by atoms with van der Waals surface area (Å²) in [7, 11) is -2.20. The molecule has 0 unspecified atom stereocenters. The summed E-state index contributed by atoms with van der Waals surface area (Å²) < 4.78 is 43.9. The first-order valence-corrected chi connectivity index (χ1v) is 12.3. The van der Waals surface area contributed by atoms with Crippen LogP contribution in [0.2, 0.25) is 0 Å². The normalized spacial score (nSPS) is 16.1. The summed E-state index contributed by atoms with van der Waals surface area (Å²) in [6, 6.07) is 4.20. The number of pyridine rings is 1. The minimum Gasteiger partial charge on any atom is -0.481 e. The largest absolute Gasteiger partial charge is 0.481 e. The Bertz CT molecular complexity index is 1410. The van der Waals surface area contributed by atoms with E-state index in [9.17, 15) is 13.4 Å².